The monoisotopic (exact) mass is 268 g/mol. The van der Waals surface area contributed by atoms with Gasteiger partial charge in [-0.2, -0.15) is 0 Å². The molecule has 3 rings (SSSR count). The standard InChI is InChI=1S/C15H28N2O2/c1-2-4-13(5-3-1)15-11-17(7-6-16-15)10-14-12-18-8-9-19-14/h13-16H,1-12H2. The maximum Gasteiger partial charge on any atom is 0.0936 e. The van der Waals surface area contributed by atoms with Crippen LogP contribution in [0.2, 0.25) is 0 Å². The molecule has 2 aliphatic heterocycles. The Morgan fingerprint density at radius 2 is 2.00 bits per heavy atom. The molecule has 0 spiro atoms. The zero-order valence-corrected chi connectivity index (χ0v) is 12.0. The van der Waals surface area contributed by atoms with Gasteiger partial charge in [0.15, 0.2) is 0 Å². The van der Waals surface area contributed by atoms with Crippen LogP contribution in [0.25, 0.3) is 0 Å². The van der Waals surface area contributed by atoms with Crippen molar-refractivity contribution in [3.8, 4) is 0 Å². The second-order valence-electron chi connectivity index (χ2n) is 6.29. The number of piperazine rings is 1. The van der Waals surface area contributed by atoms with Gasteiger partial charge in [-0.15, -0.1) is 0 Å². The molecule has 4 heteroatoms. The average molecular weight is 268 g/mol. The molecular formula is C15H28N2O2. The van der Waals surface area contributed by atoms with Crippen LogP contribution in [0.3, 0.4) is 0 Å². The van der Waals surface area contributed by atoms with Gasteiger partial charge in [-0.05, 0) is 18.8 Å². The van der Waals surface area contributed by atoms with Crippen molar-refractivity contribution in [1.82, 2.24) is 10.2 Å². The Balaban J connectivity index is 1.46. The first-order valence-electron chi connectivity index (χ1n) is 8.07. The minimum Gasteiger partial charge on any atom is -0.376 e. The van der Waals surface area contributed by atoms with E-state index in [1.807, 2.05) is 0 Å². The summed E-state index contributed by atoms with van der Waals surface area (Å²) < 4.78 is 11.3. The van der Waals surface area contributed by atoms with E-state index in [1.165, 1.54) is 38.6 Å². The molecule has 3 aliphatic rings. The Morgan fingerprint density at radius 3 is 2.79 bits per heavy atom. The second-order valence-corrected chi connectivity index (χ2v) is 6.29. The summed E-state index contributed by atoms with van der Waals surface area (Å²) >= 11 is 0. The SMILES string of the molecule is C1CCC(C2CN(CC3COCCO3)CCN2)CC1. The van der Waals surface area contributed by atoms with Crippen molar-refractivity contribution in [2.75, 3.05) is 46.0 Å². The van der Waals surface area contributed by atoms with E-state index in [0.29, 0.717) is 12.1 Å². The Hall–Kier alpha value is -0.160. The zero-order valence-electron chi connectivity index (χ0n) is 12.0. The lowest BCUT2D eigenvalue weighted by atomic mass is 9.83. The lowest BCUT2D eigenvalue weighted by molar-refractivity contribution is -0.0996. The topological polar surface area (TPSA) is 33.7 Å². The molecule has 0 aromatic rings. The van der Waals surface area contributed by atoms with Crippen LogP contribution in [0, 0.1) is 5.92 Å². The molecule has 0 bridgehead atoms. The first-order valence-corrected chi connectivity index (χ1v) is 8.07. The van der Waals surface area contributed by atoms with Gasteiger partial charge in [0.1, 0.15) is 0 Å². The summed E-state index contributed by atoms with van der Waals surface area (Å²) in [5, 5.41) is 3.74. The van der Waals surface area contributed by atoms with Crippen molar-refractivity contribution in [3.63, 3.8) is 0 Å². The Labute approximate surface area is 116 Å². The minimum absolute atomic E-state index is 0.291. The average Bonchev–Trinajstić information content (AvgIpc) is 2.49. The van der Waals surface area contributed by atoms with E-state index in [-0.39, 0.29) is 0 Å². The molecule has 2 unspecified atom stereocenters. The largest absolute Gasteiger partial charge is 0.376 e. The summed E-state index contributed by atoms with van der Waals surface area (Å²) in [5.74, 6) is 0.903. The van der Waals surface area contributed by atoms with Gasteiger partial charge < -0.3 is 14.8 Å². The number of hydrogen-bond donors (Lipinski definition) is 1. The number of nitrogens with zero attached hydrogens (tertiary/aromatic N) is 1. The van der Waals surface area contributed by atoms with E-state index < -0.39 is 0 Å². The third kappa shape index (κ3) is 3.91. The van der Waals surface area contributed by atoms with Gasteiger partial charge in [-0.1, -0.05) is 19.3 Å². The van der Waals surface area contributed by atoms with Gasteiger partial charge in [0, 0.05) is 32.2 Å². The van der Waals surface area contributed by atoms with Crippen molar-refractivity contribution in [1.29, 1.82) is 0 Å². The molecule has 0 amide bonds. The van der Waals surface area contributed by atoms with Crippen LogP contribution >= 0.6 is 0 Å². The van der Waals surface area contributed by atoms with E-state index in [4.69, 9.17) is 9.47 Å². The first-order chi connectivity index (χ1) is 9.42. The molecule has 2 heterocycles. The van der Waals surface area contributed by atoms with Crippen LogP contribution in [0.4, 0.5) is 0 Å². The highest BCUT2D eigenvalue weighted by atomic mass is 16.6. The van der Waals surface area contributed by atoms with Crippen molar-refractivity contribution < 1.29 is 9.47 Å². The number of hydrogen-bond acceptors (Lipinski definition) is 4. The molecule has 19 heavy (non-hydrogen) atoms. The van der Waals surface area contributed by atoms with E-state index in [9.17, 15) is 0 Å². The van der Waals surface area contributed by atoms with E-state index in [0.717, 1.165) is 45.4 Å². The summed E-state index contributed by atoms with van der Waals surface area (Å²) in [7, 11) is 0. The van der Waals surface area contributed by atoms with Crippen LogP contribution in [-0.2, 0) is 9.47 Å². The fraction of sp³-hybridized carbons (Fsp3) is 1.00. The number of nitrogens with one attached hydrogen (secondary N) is 1. The molecule has 110 valence electrons. The highest BCUT2D eigenvalue weighted by molar-refractivity contribution is 4.86. The molecule has 0 aromatic carbocycles. The summed E-state index contributed by atoms with van der Waals surface area (Å²) in [4.78, 5) is 2.58. The van der Waals surface area contributed by atoms with Gasteiger partial charge >= 0.3 is 0 Å². The third-order valence-corrected chi connectivity index (χ3v) is 4.86. The van der Waals surface area contributed by atoms with Gasteiger partial charge in [0.05, 0.1) is 25.9 Å². The molecule has 2 saturated heterocycles. The van der Waals surface area contributed by atoms with Crippen molar-refractivity contribution in [3.05, 3.63) is 0 Å². The van der Waals surface area contributed by atoms with E-state index in [2.05, 4.69) is 10.2 Å². The van der Waals surface area contributed by atoms with Crippen molar-refractivity contribution >= 4 is 0 Å². The van der Waals surface area contributed by atoms with Crippen LogP contribution in [0.15, 0.2) is 0 Å². The van der Waals surface area contributed by atoms with Crippen molar-refractivity contribution in [2.24, 2.45) is 5.92 Å². The maximum atomic E-state index is 5.77. The molecule has 2 atom stereocenters. The van der Waals surface area contributed by atoms with Gasteiger partial charge in [0.2, 0.25) is 0 Å². The van der Waals surface area contributed by atoms with Crippen LogP contribution in [0.5, 0.6) is 0 Å². The first kappa shape index (κ1) is 13.8. The molecule has 4 nitrogen and oxygen atoms in total. The highest BCUT2D eigenvalue weighted by Gasteiger charge is 2.29. The molecule has 3 fully saturated rings. The minimum atomic E-state index is 0.291. The number of ether oxygens (including phenoxy) is 2. The molecule has 0 aromatic heterocycles. The smallest absolute Gasteiger partial charge is 0.0936 e. The summed E-state index contributed by atoms with van der Waals surface area (Å²) in [6, 6.07) is 0.707. The predicted octanol–water partition coefficient (Wildman–Crippen LogP) is 1.26. The summed E-state index contributed by atoms with van der Waals surface area (Å²) in [6.07, 6.45) is 7.45. The Morgan fingerprint density at radius 1 is 1.11 bits per heavy atom. The Bertz CT molecular complexity index is 263. The van der Waals surface area contributed by atoms with Crippen molar-refractivity contribution in [2.45, 2.75) is 44.2 Å². The zero-order chi connectivity index (χ0) is 12.9. The molecular weight excluding hydrogens is 240 g/mol. The summed E-state index contributed by atoms with van der Waals surface area (Å²) in [6.45, 7) is 6.84. The fourth-order valence-corrected chi connectivity index (χ4v) is 3.79. The van der Waals surface area contributed by atoms with Crippen LogP contribution in [-0.4, -0.2) is 63.0 Å². The maximum absolute atomic E-state index is 5.77. The fourth-order valence-electron chi connectivity index (χ4n) is 3.79. The van der Waals surface area contributed by atoms with Crippen LogP contribution < -0.4 is 5.32 Å². The second kappa shape index (κ2) is 7.02. The molecule has 1 aliphatic carbocycles. The lowest BCUT2D eigenvalue weighted by Gasteiger charge is -2.40. The molecule has 1 N–H and O–H groups in total. The number of rotatable bonds is 3. The van der Waals surface area contributed by atoms with Crippen LogP contribution in [0.1, 0.15) is 32.1 Å². The normalized spacial score (nSPS) is 35.4. The molecule has 1 saturated carbocycles. The van der Waals surface area contributed by atoms with Gasteiger partial charge in [-0.3, -0.25) is 4.90 Å². The molecule has 0 radical (unpaired) electrons. The highest BCUT2D eigenvalue weighted by Crippen LogP contribution is 2.27. The van der Waals surface area contributed by atoms with Gasteiger partial charge in [-0.25, -0.2) is 0 Å². The summed E-state index contributed by atoms with van der Waals surface area (Å²) in [5.41, 5.74) is 0. The quantitative estimate of drug-likeness (QED) is 0.835. The third-order valence-electron chi connectivity index (χ3n) is 4.86. The predicted molar refractivity (Wildman–Crippen MR) is 75.4 cm³/mol. The van der Waals surface area contributed by atoms with E-state index in [1.54, 1.807) is 0 Å². The Kier molecular flexibility index (Phi) is 5.10. The van der Waals surface area contributed by atoms with Gasteiger partial charge in [0.25, 0.3) is 0 Å². The lowest BCUT2D eigenvalue weighted by Crippen LogP contribution is -2.56. The van der Waals surface area contributed by atoms with E-state index >= 15 is 0 Å².